The molecule has 1 aliphatic heterocycles. The van der Waals surface area contributed by atoms with E-state index >= 15 is 0 Å². The quantitative estimate of drug-likeness (QED) is 0.772. The Labute approximate surface area is 136 Å². The lowest BCUT2D eigenvalue weighted by Gasteiger charge is -2.09. The molecule has 2 amide bonds. The molecule has 4 nitrogen and oxygen atoms in total. The predicted molar refractivity (Wildman–Crippen MR) is 89.5 cm³/mol. The first kappa shape index (κ1) is 14.1. The Morgan fingerprint density at radius 2 is 2.10 bits per heavy atom. The first-order valence-corrected chi connectivity index (χ1v) is 7.62. The number of hydrogen-bond acceptors (Lipinski definition) is 2. The summed E-state index contributed by atoms with van der Waals surface area (Å²) in [6.07, 6.45) is 0. The van der Waals surface area contributed by atoms with Crippen molar-refractivity contribution < 1.29 is 9.59 Å². The van der Waals surface area contributed by atoms with Crippen LogP contribution in [0, 0.1) is 10.5 Å². The van der Waals surface area contributed by atoms with Crippen molar-refractivity contribution >= 4 is 40.1 Å². The average Bonchev–Trinajstić information content (AvgIpc) is 2.83. The summed E-state index contributed by atoms with van der Waals surface area (Å²) in [7, 11) is 0. The van der Waals surface area contributed by atoms with Crippen LogP contribution in [0.25, 0.3) is 0 Å². The molecule has 21 heavy (non-hydrogen) atoms. The van der Waals surface area contributed by atoms with E-state index in [0.29, 0.717) is 23.4 Å². The number of fused-ring (bicyclic) bond motifs is 1. The topological polar surface area (TPSA) is 58.2 Å². The third-order valence-corrected chi connectivity index (χ3v) is 4.92. The predicted octanol–water partition coefficient (Wildman–Crippen LogP) is 3.10. The van der Waals surface area contributed by atoms with Crippen LogP contribution in [0.15, 0.2) is 36.4 Å². The van der Waals surface area contributed by atoms with Crippen molar-refractivity contribution in [2.24, 2.45) is 0 Å². The van der Waals surface area contributed by atoms with Crippen molar-refractivity contribution in [1.29, 1.82) is 0 Å². The SMILES string of the molecule is Cc1cccc(C(=O)Nc2ccc3c(c2)C(=O)NC3)c1I. The summed E-state index contributed by atoms with van der Waals surface area (Å²) in [4.78, 5) is 24.0. The van der Waals surface area contributed by atoms with Gasteiger partial charge in [-0.05, 0) is 58.8 Å². The maximum atomic E-state index is 12.4. The molecule has 106 valence electrons. The molecule has 0 aliphatic carbocycles. The Morgan fingerprint density at radius 1 is 1.29 bits per heavy atom. The largest absolute Gasteiger partial charge is 0.348 e. The highest BCUT2D eigenvalue weighted by Gasteiger charge is 2.19. The van der Waals surface area contributed by atoms with Crippen LogP contribution >= 0.6 is 22.6 Å². The van der Waals surface area contributed by atoms with Gasteiger partial charge in [0.25, 0.3) is 11.8 Å². The van der Waals surface area contributed by atoms with Crippen LogP contribution in [-0.2, 0) is 6.54 Å². The number of nitrogens with one attached hydrogen (secondary N) is 2. The van der Waals surface area contributed by atoms with Gasteiger partial charge in [0, 0.05) is 21.4 Å². The van der Waals surface area contributed by atoms with Gasteiger partial charge in [-0.3, -0.25) is 9.59 Å². The Balaban J connectivity index is 1.87. The van der Waals surface area contributed by atoms with Gasteiger partial charge < -0.3 is 10.6 Å². The van der Waals surface area contributed by atoms with Crippen molar-refractivity contribution in [3.8, 4) is 0 Å². The highest BCUT2D eigenvalue weighted by molar-refractivity contribution is 14.1. The number of aryl methyl sites for hydroxylation is 1. The molecule has 0 saturated heterocycles. The van der Waals surface area contributed by atoms with Gasteiger partial charge in [0.1, 0.15) is 0 Å². The molecule has 0 fully saturated rings. The standard InChI is InChI=1S/C16H13IN2O2/c1-9-3-2-4-12(14(9)17)16(21)19-11-6-5-10-8-18-15(20)13(10)7-11/h2-7H,8H2,1H3,(H,18,20)(H,19,21). The van der Waals surface area contributed by atoms with Gasteiger partial charge in [-0.2, -0.15) is 0 Å². The average molecular weight is 392 g/mol. The van der Waals surface area contributed by atoms with Crippen molar-refractivity contribution in [2.45, 2.75) is 13.5 Å². The van der Waals surface area contributed by atoms with Crippen LogP contribution in [0.5, 0.6) is 0 Å². The van der Waals surface area contributed by atoms with Crippen molar-refractivity contribution in [1.82, 2.24) is 5.32 Å². The number of carbonyl (C=O) groups excluding carboxylic acids is 2. The zero-order valence-corrected chi connectivity index (χ0v) is 13.5. The van der Waals surface area contributed by atoms with E-state index in [0.717, 1.165) is 14.7 Å². The summed E-state index contributed by atoms with van der Waals surface area (Å²) >= 11 is 2.17. The van der Waals surface area contributed by atoms with Crippen LogP contribution in [0.1, 0.15) is 31.8 Å². The minimum atomic E-state index is -0.165. The number of carbonyl (C=O) groups is 2. The van der Waals surface area contributed by atoms with Crippen molar-refractivity contribution in [2.75, 3.05) is 5.32 Å². The molecule has 2 aromatic carbocycles. The van der Waals surface area contributed by atoms with Crippen molar-refractivity contribution in [3.63, 3.8) is 0 Å². The van der Waals surface area contributed by atoms with Gasteiger partial charge in [-0.1, -0.05) is 18.2 Å². The molecule has 0 bridgehead atoms. The Hall–Kier alpha value is -1.89. The van der Waals surface area contributed by atoms with Crippen LogP contribution in [0.2, 0.25) is 0 Å². The molecule has 2 aromatic rings. The minimum Gasteiger partial charge on any atom is -0.348 e. The van der Waals surface area contributed by atoms with Gasteiger partial charge in [-0.15, -0.1) is 0 Å². The Bertz CT molecular complexity index is 756. The highest BCUT2D eigenvalue weighted by Crippen LogP contribution is 2.22. The molecule has 0 aromatic heterocycles. The summed E-state index contributed by atoms with van der Waals surface area (Å²) in [5.74, 6) is -0.257. The van der Waals surface area contributed by atoms with E-state index in [1.54, 1.807) is 12.1 Å². The molecule has 0 saturated carbocycles. The molecule has 2 N–H and O–H groups in total. The fourth-order valence-electron chi connectivity index (χ4n) is 2.31. The first-order chi connectivity index (χ1) is 10.1. The number of benzene rings is 2. The van der Waals surface area contributed by atoms with Crippen LogP contribution in [0.4, 0.5) is 5.69 Å². The number of halogens is 1. The van der Waals surface area contributed by atoms with Gasteiger partial charge in [0.2, 0.25) is 0 Å². The molecule has 5 heteroatoms. The lowest BCUT2D eigenvalue weighted by Crippen LogP contribution is -2.15. The zero-order valence-electron chi connectivity index (χ0n) is 11.4. The van der Waals surface area contributed by atoms with E-state index in [9.17, 15) is 9.59 Å². The third kappa shape index (κ3) is 2.65. The summed E-state index contributed by atoms with van der Waals surface area (Å²) in [5, 5.41) is 5.61. The molecular formula is C16H13IN2O2. The second kappa shape index (κ2) is 5.48. The van der Waals surface area contributed by atoms with Crippen molar-refractivity contribution in [3.05, 3.63) is 62.2 Å². The molecule has 3 rings (SSSR count). The summed E-state index contributed by atoms with van der Waals surface area (Å²) in [6.45, 7) is 2.52. The van der Waals surface area contributed by atoms with E-state index in [4.69, 9.17) is 0 Å². The summed E-state index contributed by atoms with van der Waals surface area (Å²) in [6, 6.07) is 11.0. The summed E-state index contributed by atoms with van der Waals surface area (Å²) in [5.41, 5.74) is 3.93. The number of amides is 2. The van der Waals surface area contributed by atoms with Crippen LogP contribution < -0.4 is 10.6 Å². The third-order valence-electron chi connectivity index (χ3n) is 3.49. The maximum Gasteiger partial charge on any atom is 0.256 e. The van der Waals surface area contributed by atoms with E-state index in [-0.39, 0.29) is 11.8 Å². The second-order valence-electron chi connectivity index (χ2n) is 4.95. The fraction of sp³-hybridized carbons (Fsp3) is 0.125. The molecular weight excluding hydrogens is 379 g/mol. The molecule has 1 aliphatic rings. The lowest BCUT2D eigenvalue weighted by atomic mass is 10.1. The zero-order chi connectivity index (χ0) is 15.0. The number of rotatable bonds is 2. The maximum absolute atomic E-state index is 12.4. The molecule has 0 atom stereocenters. The molecule has 0 unspecified atom stereocenters. The van der Waals surface area contributed by atoms with E-state index in [1.165, 1.54) is 0 Å². The smallest absolute Gasteiger partial charge is 0.256 e. The van der Waals surface area contributed by atoms with E-state index in [1.807, 2.05) is 31.2 Å². The Morgan fingerprint density at radius 3 is 2.90 bits per heavy atom. The number of hydrogen-bond donors (Lipinski definition) is 2. The lowest BCUT2D eigenvalue weighted by molar-refractivity contribution is 0.0964. The van der Waals surface area contributed by atoms with Crippen LogP contribution in [-0.4, -0.2) is 11.8 Å². The highest BCUT2D eigenvalue weighted by atomic mass is 127. The molecule has 0 spiro atoms. The van der Waals surface area contributed by atoms with Gasteiger partial charge >= 0.3 is 0 Å². The summed E-state index contributed by atoms with van der Waals surface area (Å²) < 4.78 is 0.937. The first-order valence-electron chi connectivity index (χ1n) is 6.54. The molecule has 1 heterocycles. The van der Waals surface area contributed by atoms with E-state index in [2.05, 4.69) is 33.2 Å². The van der Waals surface area contributed by atoms with E-state index < -0.39 is 0 Å². The second-order valence-corrected chi connectivity index (χ2v) is 6.02. The number of anilines is 1. The minimum absolute atomic E-state index is 0.0914. The van der Waals surface area contributed by atoms with Gasteiger partial charge in [0.15, 0.2) is 0 Å². The monoisotopic (exact) mass is 392 g/mol. The van der Waals surface area contributed by atoms with Gasteiger partial charge in [-0.25, -0.2) is 0 Å². The Kier molecular flexibility index (Phi) is 3.67. The van der Waals surface area contributed by atoms with Crippen LogP contribution in [0.3, 0.4) is 0 Å². The molecule has 0 radical (unpaired) electrons. The normalized spacial score (nSPS) is 12.8. The van der Waals surface area contributed by atoms with Gasteiger partial charge in [0.05, 0.1) is 5.56 Å². The fourth-order valence-corrected chi connectivity index (χ4v) is 2.92.